The summed E-state index contributed by atoms with van der Waals surface area (Å²) in [5, 5.41) is 2.48. The number of benzene rings is 1. The van der Waals surface area contributed by atoms with Crippen molar-refractivity contribution in [3.8, 4) is 16.9 Å². The zero-order valence-electron chi connectivity index (χ0n) is 14.8. The van der Waals surface area contributed by atoms with Crippen LogP contribution in [0.2, 0.25) is 0 Å². The predicted octanol–water partition coefficient (Wildman–Crippen LogP) is 4.90. The summed E-state index contributed by atoms with van der Waals surface area (Å²) in [6.45, 7) is -0.0916. The lowest BCUT2D eigenvalue weighted by Gasteiger charge is -2.10. The van der Waals surface area contributed by atoms with Gasteiger partial charge in [-0.15, -0.1) is 0 Å². The quantitative estimate of drug-likeness (QED) is 0.528. The molecule has 148 valence electrons. The third-order valence-electron chi connectivity index (χ3n) is 4.13. The molecule has 6 nitrogen and oxygen atoms in total. The van der Waals surface area contributed by atoms with Gasteiger partial charge in [0.2, 0.25) is 0 Å². The van der Waals surface area contributed by atoms with Crippen LogP contribution in [0.4, 0.5) is 18.0 Å². The highest BCUT2D eigenvalue weighted by Gasteiger charge is 2.34. The fraction of sp³-hybridized carbons (Fsp3) is 0.100. The average molecular weight is 401 g/mol. The van der Waals surface area contributed by atoms with Gasteiger partial charge in [0.15, 0.2) is 0 Å². The first-order valence-electron chi connectivity index (χ1n) is 8.52. The molecule has 0 saturated carbocycles. The molecule has 4 aromatic rings. The third kappa shape index (κ3) is 4.08. The Kier molecular flexibility index (Phi) is 4.71. The Labute approximate surface area is 162 Å². The highest BCUT2D eigenvalue weighted by atomic mass is 19.4. The lowest BCUT2D eigenvalue weighted by molar-refractivity contribution is -0.136. The number of pyridine rings is 1. The summed E-state index contributed by atoms with van der Waals surface area (Å²) >= 11 is 0. The Morgan fingerprint density at radius 3 is 2.62 bits per heavy atom. The lowest BCUT2D eigenvalue weighted by atomic mass is 10.1. The molecule has 0 spiro atoms. The number of ether oxygens (including phenoxy) is 1. The molecule has 0 bridgehead atoms. The monoisotopic (exact) mass is 401 g/mol. The summed E-state index contributed by atoms with van der Waals surface area (Å²) < 4.78 is 51.9. The minimum absolute atomic E-state index is 0.0916. The topological polar surface area (TPSA) is 68.8 Å². The molecular weight excluding hydrogens is 387 g/mol. The second-order valence-corrected chi connectivity index (χ2v) is 6.17. The van der Waals surface area contributed by atoms with E-state index in [0.29, 0.717) is 16.9 Å². The number of alkyl halides is 3. The number of para-hydroxylation sites is 1. The van der Waals surface area contributed by atoms with Crippen LogP contribution in [0.5, 0.6) is 5.75 Å². The number of rotatable bonds is 4. The van der Waals surface area contributed by atoms with Gasteiger partial charge in [0.25, 0.3) is 0 Å². The Bertz CT molecular complexity index is 1140. The number of carbonyl (C=O) groups excluding carboxylic acids is 1. The molecule has 0 aliphatic heterocycles. The van der Waals surface area contributed by atoms with E-state index in [4.69, 9.17) is 9.15 Å². The second-order valence-electron chi connectivity index (χ2n) is 6.17. The number of nitrogens with zero attached hydrogens (tertiary/aromatic N) is 2. The SMILES string of the molecule is O=C(NCc1cn2cc(-c3ccoc3)cc(C(F)(F)F)c2n1)Oc1ccccc1. The Morgan fingerprint density at radius 1 is 1.14 bits per heavy atom. The van der Waals surface area contributed by atoms with Gasteiger partial charge in [-0.25, -0.2) is 9.78 Å². The minimum Gasteiger partial charge on any atom is -0.472 e. The number of furan rings is 1. The molecule has 1 aromatic carbocycles. The zero-order chi connectivity index (χ0) is 20.4. The van der Waals surface area contributed by atoms with Gasteiger partial charge in [0.05, 0.1) is 30.3 Å². The fourth-order valence-corrected chi connectivity index (χ4v) is 2.82. The molecule has 4 rings (SSSR count). The fourth-order valence-electron chi connectivity index (χ4n) is 2.82. The van der Waals surface area contributed by atoms with Crippen LogP contribution in [0.3, 0.4) is 0 Å². The van der Waals surface area contributed by atoms with E-state index in [9.17, 15) is 18.0 Å². The number of amides is 1. The van der Waals surface area contributed by atoms with Crippen LogP contribution in [-0.4, -0.2) is 15.5 Å². The molecule has 0 fully saturated rings. The summed E-state index contributed by atoms with van der Waals surface area (Å²) in [7, 11) is 0. The standard InChI is InChI=1S/C20H14F3N3O3/c21-20(22,23)17-8-14(13-6-7-28-12-13)10-26-11-15(25-18(17)26)9-24-19(27)29-16-4-2-1-3-5-16/h1-8,10-12H,9H2,(H,24,27). The number of aromatic nitrogens is 2. The number of halogens is 3. The summed E-state index contributed by atoms with van der Waals surface area (Å²) in [6.07, 6.45) is 0.367. The van der Waals surface area contributed by atoms with Crippen molar-refractivity contribution < 1.29 is 27.1 Å². The maximum atomic E-state index is 13.5. The van der Waals surface area contributed by atoms with Gasteiger partial charge >= 0.3 is 12.3 Å². The molecule has 29 heavy (non-hydrogen) atoms. The second kappa shape index (κ2) is 7.34. The first kappa shape index (κ1) is 18.6. The molecule has 9 heteroatoms. The van der Waals surface area contributed by atoms with Gasteiger partial charge in [0.1, 0.15) is 11.4 Å². The lowest BCUT2D eigenvalue weighted by Crippen LogP contribution is -2.26. The van der Waals surface area contributed by atoms with Crippen LogP contribution in [0.1, 0.15) is 11.3 Å². The Hall–Kier alpha value is -3.75. The van der Waals surface area contributed by atoms with Gasteiger partial charge in [-0.3, -0.25) is 0 Å². The third-order valence-corrected chi connectivity index (χ3v) is 4.13. The van der Waals surface area contributed by atoms with Crippen LogP contribution >= 0.6 is 0 Å². The van der Waals surface area contributed by atoms with Crippen molar-refractivity contribution in [1.29, 1.82) is 0 Å². The highest BCUT2D eigenvalue weighted by molar-refractivity contribution is 5.70. The number of nitrogens with one attached hydrogen (secondary N) is 1. The summed E-state index contributed by atoms with van der Waals surface area (Å²) in [6, 6.07) is 11.0. The average Bonchev–Trinajstić information content (AvgIpc) is 3.35. The Balaban J connectivity index is 1.59. The van der Waals surface area contributed by atoms with Crippen molar-refractivity contribution in [1.82, 2.24) is 14.7 Å². The van der Waals surface area contributed by atoms with Gasteiger partial charge in [-0.2, -0.15) is 13.2 Å². The molecule has 0 atom stereocenters. The molecule has 1 amide bonds. The highest BCUT2D eigenvalue weighted by Crippen LogP contribution is 2.35. The van der Waals surface area contributed by atoms with Crippen molar-refractivity contribution in [2.75, 3.05) is 0 Å². The van der Waals surface area contributed by atoms with Crippen LogP contribution < -0.4 is 10.1 Å². The molecule has 0 unspecified atom stereocenters. The molecular formula is C20H14F3N3O3. The summed E-state index contributed by atoms with van der Waals surface area (Å²) in [4.78, 5) is 15.9. The van der Waals surface area contributed by atoms with Gasteiger partial charge < -0.3 is 18.9 Å². The van der Waals surface area contributed by atoms with E-state index in [1.807, 2.05) is 0 Å². The number of imidazole rings is 1. The largest absolute Gasteiger partial charge is 0.472 e. The molecule has 1 N–H and O–H groups in total. The first-order chi connectivity index (χ1) is 13.9. The van der Waals surface area contributed by atoms with E-state index in [1.54, 1.807) is 36.4 Å². The number of hydrogen-bond donors (Lipinski definition) is 1. The minimum atomic E-state index is -4.59. The van der Waals surface area contributed by atoms with Crippen LogP contribution in [0, 0.1) is 0 Å². The van der Waals surface area contributed by atoms with Gasteiger partial charge in [-0.05, 0) is 24.3 Å². The van der Waals surface area contributed by atoms with Crippen LogP contribution in [-0.2, 0) is 12.7 Å². The molecule has 3 heterocycles. The molecule has 0 aliphatic carbocycles. The van der Waals surface area contributed by atoms with Crippen LogP contribution in [0.15, 0.2) is 71.8 Å². The van der Waals surface area contributed by atoms with Crippen molar-refractivity contribution in [3.05, 3.63) is 78.6 Å². The maximum absolute atomic E-state index is 13.5. The Morgan fingerprint density at radius 2 is 1.93 bits per heavy atom. The summed E-state index contributed by atoms with van der Waals surface area (Å²) in [5.74, 6) is 0.351. The van der Waals surface area contributed by atoms with E-state index in [1.165, 1.54) is 29.3 Å². The first-order valence-corrected chi connectivity index (χ1v) is 8.52. The van der Waals surface area contributed by atoms with Crippen molar-refractivity contribution in [2.45, 2.75) is 12.7 Å². The van der Waals surface area contributed by atoms with E-state index in [2.05, 4.69) is 10.3 Å². The van der Waals surface area contributed by atoms with E-state index in [-0.39, 0.29) is 17.9 Å². The van der Waals surface area contributed by atoms with E-state index in [0.717, 1.165) is 6.07 Å². The van der Waals surface area contributed by atoms with Crippen molar-refractivity contribution >= 4 is 11.7 Å². The molecule has 3 aromatic heterocycles. The number of carbonyl (C=O) groups is 1. The maximum Gasteiger partial charge on any atom is 0.420 e. The van der Waals surface area contributed by atoms with Crippen molar-refractivity contribution in [3.63, 3.8) is 0 Å². The van der Waals surface area contributed by atoms with E-state index < -0.39 is 17.8 Å². The summed E-state index contributed by atoms with van der Waals surface area (Å²) in [5.41, 5.74) is -0.0340. The van der Waals surface area contributed by atoms with Gasteiger partial charge in [-0.1, -0.05) is 18.2 Å². The normalized spacial score (nSPS) is 11.6. The van der Waals surface area contributed by atoms with E-state index >= 15 is 0 Å². The smallest absolute Gasteiger partial charge is 0.420 e. The van der Waals surface area contributed by atoms with Gasteiger partial charge in [0, 0.05) is 23.5 Å². The van der Waals surface area contributed by atoms with Crippen LogP contribution in [0.25, 0.3) is 16.8 Å². The molecule has 0 radical (unpaired) electrons. The number of fused-ring (bicyclic) bond motifs is 1. The van der Waals surface area contributed by atoms with Crippen molar-refractivity contribution in [2.24, 2.45) is 0 Å². The molecule has 0 aliphatic rings. The zero-order valence-corrected chi connectivity index (χ0v) is 14.8. The predicted molar refractivity (Wildman–Crippen MR) is 97.2 cm³/mol. The number of hydrogen-bond acceptors (Lipinski definition) is 4. The molecule has 0 saturated heterocycles.